The van der Waals surface area contributed by atoms with Crippen LogP contribution in [0.4, 0.5) is 0 Å². The van der Waals surface area contributed by atoms with E-state index in [2.05, 4.69) is 0 Å². The molecule has 0 amide bonds. The van der Waals surface area contributed by atoms with Crippen molar-refractivity contribution >= 4 is 5.97 Å². The molecule has 0 unspecified atom stereocenters. The smallest absolute Gasteiger partial charge is 0.303 e. The van der Waals surface area contributed by atoms with Gasteiger partial charge < -0.3 is 20.4 Å². The fourth-order valence-corrected chi connectivity index (χ4v) is 3.76. The van der Waals surface area contributed by atoms with Crippen molar-refractivity contribution in [3.05, 3.63) is 60.2 Å². The first-order valence-electron chi connectivity index (χ1n) is 10.1. The molecule has 0 bridgehead atoms. The van der Waals surface area contributed by atoms with E-state index in [-0.39, 0.29) is 18.3 Å². The minimum Gasteiger partial charge on any atom is -0.481 e. The second-order valence-corrected chi connectivity index (χ2v) is 7.58. The second-order valence-electron chi connectivity index (χ2n) is 7.58. The maximum atomic E-state index is 10.5. The first-order chi connectivity index (χ1) is 13.5. The predicted octanol–water partition coefficient (Wildman–Crippen LogP) is 3.10. The third kappa shape index (κ3) is 7.58. The lowest BCUT2D eigenvalue weighted by atomic mass is 9.89. The van der Waals surface area contributed by atoms with E-state index in [0.29, 0.717) is 32.1 Å². The molecule has 28 heavy (non-hydrogen) atoms. The maximum absolute atomic E-state index is 10.5. The lowest BCUT2D eigenvalue weighted by Gasteiger charge is -2.19. The number of aryl methyl sites for hydroxylation is 1. The summed E-state index contributed by atoms with van der Waals surface area (Å²) in [6, 6.07) is 9.99. The SMILES string of the molecule is O=C(O)CCC/C=C\C[C@H]1[C@@H](/C=C/[C@@H](O)CCc2ccccc2)[C@@H](O)C[C@@H]1O. The molecule has 5 heteroatoms. The van der Waals surface area contributed by atoms with Crippen LogP contribution in [0, 0.1) is 11.8 Å². The van der Waals surface area contributed by atoms with Crippen LogP contribution in [0.25, 0.3) is 0 Å². The minimum absolute atomic E-state index is 0.0942. The molecule has 2 rings (SSSR count). The Morgan fingerprint density at radius 3 is 2.61 bits per heavy atom. The molecule has 0 saturated heterocycles. The van der Waals surface area contributed by atoms with Crippen LogP contribution in [0.3, 0.4) is 0 Å². The number of aliphatic carboxylic acids is 1. The Labute approximate surface area is 167 Å². The number of rotatable bonds is 11. The van der Waals surface area contributed by atoms with Gasteiger partial charge in [-0.1, -0.05) is 54.6 Å². The van der Waals surface area contributed by atoms with Crippen LogP contribution in [-0.2, 0) is 11.2 Å². The number of hydrogen-bond donors (Lipinski definition) is 4. The van der Waals surface area contributed by atoms with Crippen molar-refractivity contribution in [2.45, 2.75) is 63.3 Å². The third-order valence-corrected chi connectivity index (χ3v) is 5.38. The van der Waals surface area contributed by atoms with Gasteiger partial charge >= 0.3 is 5.97 Å². The maximum Gasteiger partial charge on any atom is 0.303 e. The standard InChI is InChI=1S/C23H32O5/c24-18(13-12-17-8-4-3-5-9-17)14-15-20-19(21(25)16-22(20)26)10-6-1-2-7-11-23(27)28/h1,3-6,8-9,14-15,18-22,24-26H,2,7,10-13,16H2,(H,27,28)/b6-1-,15-14+/t18-,19-,20+,21-,22-/m0/s1. The van der Waals surface area contributed by atoms with Crippen LogP contribution in [-0.4, -0.2) is 44.7 Å². The van der Waals surface area contributed by atoms with Crippen molar-refractivity contribution in [3.63, 3.8) is 0 Å². The van der Waals surface area contributed by atoms with E-state index in [1.807, 2.05) is 48.6 Å². The highest BCUT2D eigenvalue weighted by Crippen LogP contribution is 2.36. The number of carboxylic acid groups (broad SMARTS) is 1. The van der Waals surface area contributed by atoms with Gasteiger partial charge in [-0.3, -0.25) is 4.79 Å². The molecular weight excluding hydrogens is 356 g/mol. The molecular formula is C23H32O5. The third-order valence-electron chi connectivity index (χ3n) is 5.38. The molecule has 5 atom stereocenters. The first-order valence-corrected chi connectivity index (χ1v) is 10.1. The Kier molecular flexibility index (Phi) is 9.41. The highest BCUT2D eigenvalue weighted by Gasteiger charge is 2.39. The summed E-state index contributed by atoms with van der Waals surface area (Å²) in [5.41, 5.74) is 1.18. The zero-order valence-corrected chi connectivity index (χ0v) is 16.2. The Morgan fingerprint density at radius 1 is 1.14 bits per heavy atom. The Bertz CT molecular complexity index is 640. The van der Waals surface area contributed by atoms with Gasteiger partial charge in [-0.25, -0.2) is 0 Å². The number of aliphatic hydroxyl groups excluding tert-OH is 3. The largest absolute Gasteiger partial charge is 0.481 e. The van der Waals surface area contributed by atoms with Gasteiger partial charge in [0.15, 0.2) is 0 Å². The number of benzene rings is 1. The summed E-state index contributed by atoms with van der Waals surface area (Å²) in [6.07, 6.45) is 9.51. The number of carboxylic acids is 1. The fraction of sp³-hybridized carbons (Fsp3) is 0.522. The highest BCUT2D eigenvalue weighted by molar-refractivity contribution is 5.66. The zero-order valence-electron chi connectivity index (χ0n) is 16.2. The summed E-state index contributed by atoms with van der Waals surface area (Å²) >= 11 is 0. The van der Waals surface area contributed by atoms with Crippen molar-refractivity contribution in [1.29, 1.82) is 0 Å². The summed E-state index contributed by atoms with van der Waals surface area (Å²) < 4.78 is 0. The van der Waals surface area contributed by atoms with Crippen molar-refractivity contribution in [3.8, 4) is 0 Å². The summed E-state index contributed by atoms with van der Waals surface area (Å²) in [5.74, 6) is -1.08. The molecule has 0 spiro atoms. The minimum atomic E-state index is -0.793. The number of allylic oxidation sites excluding steroid dienone is 2. The van der Waals surface area contributed by atoms with Gasteiger partial charge in [0.1, 0.15) is 0 Å². The van der Waals surface area contributed by atoms with Crippen molar-refractivity contribution < 1.29 is 25.2 Å². The fourth-order valence-electron chi connectivity index (χ4n) is 3.76. The summed E-state index contributed by atoms with van der Waals surface area (Å²) in [4.78, 5) is 10.5. The summed E-state index contributed by atoms with van der Waals surface area (Å²) in [6.45, 7) is 0. The Morgan fingerprint density at radius 2 is 1.89 bits per heavy atom. The van der Waals surface area contributed by atoms with Crippen molar-refractivity contribution in [2.24, 2.45) is 11.8 Å². The average Bonchev–Trinajstić information content (AvgIpc) is 2.94. The van der Waals surface area contributed by atoms with E-state index < -0.39 is 24.3 Å². The van der Waals surface area contributed by atoms with Gasteiger partial charge in [0, 0.05) is 18.8 Å². The number of hydrogen-bond acceptors (Lipinski definition) is 4. The lowest BCUT2D eigenvalue weighted by Crippen LogP contribution is -2.20. The van der Waals surface area contributed by atoms with Crippen LogP contribution >= 0.6 is 0 Å². The predicted molar refractivity (Wildman–Crippen MR) is 109 cm³/mol. The summed E-state index contributed by atoms with van der Waals surface area (Å²) in [7, 11) is 0. The molecule has 1 aromatic carbocycles. The van der Waals surface area contributed by atoms with Gasteiger partial charge in [0.2, 0.25) is 0 Å². The van der Waals surface area contributed by atoms with E-state index in [1.165, 1.54) is 5.56 Å². The van der Waals surface area contributed by atoms with Gasteiger partial charge in [-0.15, -0.1) is 0 Å². The normalized spacial score (nSPS) is 26.2. The molecule has 1 aromatic rings. The van der Waals surface area contributed by atoms with E-state index in [9.17, 15) is 20.1 Å². The lowest BCUT2D eigenvalue weighted by molar-refractivity contribution is -0.137. The van der Waals surface area contributed by atoms with Gasteiger partial charge in [0.05, 0.1) is 18.3 Å². The van der Waals surface area contributed by atoms with Crippen LogP contribution in [0.1, 0.15) is 44.1 Å². The summed E-state index contributed by atoms with van der Waals surface area (Å²) in [5, 5.41) is 39.4. The number of unbranched alkanes of at least 4 members (excludes halogenated alkanes) is 1. The van der Waals surface area contributed by atoms with Crippen LogP contribution in [0.5, 0.6) is 0 Å². The number of carbonyl (C=O) groups is 1. The first kappa shape index (κ1) is 22.3. The highest BCUT2D eigenvalue weighted by atomic mass is 16.4. The van der Waals surface area contributed by atoms with E-state index >= 15 is 0 Å². The molecule has 0 aliphatic heterocycles. The quantitative estimate of drug-likeness (QED) is 0.345. The molecule has 154 valence electrons. The second kappa shape index (κ2) is 11.8. The van der Waals surface area contributed by atoms with Crippen LogP contribution in [0.2, 0.25) is 0 Å². The molecule has 4 N–H and O–H groups in total. The molecule has 0 aromatic heterocycles. The topological polar surface area (TPSA) is 98.0 Å². The zero-order chi connectivity index (χ0) is 20.4. The molecule has 0 heterocycles. The van der Waals surface area contributed by atoms with E-state index in [0.717, 1.165) is 6.42 Å². The van der Waals surface area contributed by atoms with Crippen LogP contribution in [0.15, 0.2) is 54.6 Å². The number of aliphatic hydroxyl groups is 3. The van der Waals surface area contributed by atoms with Gasteiger partial charge in [-0.2, -0.15) is 0 Å². The van der Waals surface area contributed by atoms with Crippen molar-refractivity contribution in [2.75, 3.05) is 0 Å². The van der Waals surface area contributed by atoms with E-state index in [1.54, 1.807) is 6.08 Å². The Hall–Kier alpha value is -1.95. The van der Waals surface area contributed by atoms with Gasteiger partial charge in [-0.05, 0) is 43.6 Å². The van der Waals surface area contributed by atoms with Crippen molar-refractivity contribution in [1.82, 2.24) is 0 Å². The monoisotopic (exact) mass is 388 g/mol. The molecule has 1 aliphatic rings. The van der Waals surface area contributed by atoms with Gasteiger partial charge in [0.25, 0.3) is 0 Å². The molecule has 5 nitrogen and oxygen atoms in total. The Balaban J connectivity index is 1.82. The molecule has 1 aliphatic carbocycles. The van der Waals surface area contributed by atoms with E-state index in [4.69, 9.17) is 5.11 Å². The van der Waals surface area contributed by atoms with Crippen LogP contribution < -0.4 is 0 Å². The molecule has 0 radical (unpaired) electrons. The molecule has 1 saturated carbocycles. The average molecular weight is 389 g/mol. The molecule has 1 fully saturated rings.